The second kappa shape index (κ2) is 27.0. The van der Waals surface area contributed by atoms with Gasteiger partial charge in [-0.3, -0.25) is 28.9 Å². The Kier molecular flexibility index (Phi) is 20.6. The van der Waals surface area contributed by atoms with Crippen molar-refractivity contribution in [3.05, 3.63) is 119 Å². The number of amides is 4. The normalized spacial score (nSPS) is 16.6. The van der Waals surface area contributed by atoms with E-state index in [4.69, 9.17) is 31.2 Å². The number of likely N-dealkylation sites (N-methyl/N-ethyl adjacent to an activating group) is 1. The molecular formula is C61H72F3N8O9S2+. The van der Waals surface area contributed by atoms with Gasteiger partial charge in [-0.2, -0.15) is 18.4 Å². The summed E-state index contributed by atoms with van der Waals surface area (Å²) in [6, 6.07) is 25.1. The van der Waals surface area contributed by atoms with Gasteiger partial charge >= 0.3 is 12.1 Å². The summed E-state index contributed by atoms with van der Waals surface area (Å²) in [4.78, 5) is 78.1. The van der Waals surface area contributed by atoms with E-state index >= 15 is 0 Å². The van der Waals surface area contributed by atoms with Crippen LogP contribution in [0.2, 0.25) is 0 Å². The Morgan fingerprint density at radius 1 is 0.880 bits per heavy atom. The molecule has 1 aromatic heterocycles. The van der Waals surface area contributed by atoms with Crippen molar-refractivity contribution >= 4 is 69.6 Å². The smallest absolute Gasteiger partial charge is 0.417 e. The van der Waals surface area contributed by atoms with Crippen molar-refractivity contribution in [3.8, 4) is 33.4 Å². The van der Waals surface area contributed by atoms with Gasteiger partial charge in [0, 0.05) is 25.3 Å². The maximum absolute atomic E-state index is 14.6. The van der Waals surface area contributed by atoms with Gasteiger partial charge in [0.2, 0.25) is 17.7 Å². The predicted molar refractivity (Wildman–Crippen MR) is 314 cm³/mol. The fourth-order valence-corrected chi connectivity index (χ4v) is 10.9. The zero-order valence-corrected chi connectivity index (χ0v) is 49.9. The zero-order valence-electron chi connectivity index (χ0n) is 48.3. The van der Waals surface area contributed by atoms with Crippen molar-refractivity contribution in [1.29, 1.82) is 5.26 Å². The molecule has 0 bridgehead atoms. The van der Waals surface area contributed by atoms with Crippen molar-refractivity contribution in [2.45, 2.75) is 104 Å². The largest absolute Gasteiger partial charge is 0.494 e. The Labute approximate surface area is 492 Å². The first-order valence-electron chi connectivity index (χ1n) is 27.3. The van der Waals surface area contributed by atoms with Gasteiger partial charge in [-0.25, -0.2) is 4.98 Å². The molecule has 17 nitrogen and oxygen atoms in total. The lowest BCUT2D eigenvalue weighted by molar-refractivity contribution is -0.870. The Bertz CT molecular complexity index is 3170. The molecule has 2 aliphatic rings. The summed E-state index contributed by atoms with van der Waals surface area (Å²) in [7, 11) is 6.14. The number of halogens is 3. The number of thiazole rings is 1. The van der Waals surface area contributed by atoms with E-state index in [2.05, 4.69) is 15.6 Å². The van der Waals surface area contributed by atoms with Crippen molar-refractivity contribution in [1.82, 2.24) is 20.5 Å². The van der Waals surface area contributed by atoms with Crippen LogP contribution in [-0.4, -0.2) is 140 Å². The van der Waals surface area contributed by atoms with Gasteiger partial charge in [-0.05, 0) is 116 Å². The molecule has 2 fully saturated rings. The molecule has 3 atom stereocenters. The Balaban J connectivity index is 0.878. The van der Waals surface area contributed by atoms with E-state index < -0.39 is 76.0 Å². The maximum Gasteiger partial charge on any atom is 0.417 e. The fourth-order valence-electron chi connectivity index (χ4n) is 9.56. The number of hydrogen-bond donors (Lipinski definition) is 2. The number of aryl methyl sites for hydroxylation is 1. The fraction of sp³-hybridized carbons (Fsp3) is 0.443. The zero-order chi connectivity index (χ0) is 60.4. The number of unbranched alkanes of at least 4 members (excludes halogenated alkanes) is 1. The highest BCUT2D eigenvalue weighted by Crippen LogP contribution is 2.40. The molecule has 0 spiro atoms. The molecule has 0 saturated carbocycles. The van der Waals surface area contributed by atoms with Crippen LogP contribution in [0.4, 0.5) is 24.5 Å². The molecule has 0 unspecified atom stereocenters. The third kappa shape index (κ3) is 16.3. The summed E-state index contributed by atoms with van der Waals surface area (Å²) < 4.78 is 65.4. The number of quaternary nitrogens is 1. The van der Waals surface area contributed by atoms with Crippen molar-refractivity contribution < 1.29 is 60.6 Å². The van der Waals surface area contributed by atoms with Crippen LogP contribution in [0.5, 0.6) is 5.75 Å². The van der Waals surface area contributed by atoms with E-state index in [1.165, 1.54) is 11.0 Å². The van der Waals surface area contributed by atoms with Crippen LogP contribution in [0.3, 0.4) is 0 Å². The van der Waals surface area contributed by atoms with Gasteiger partial charge in [0.05, 0.1) is 92.9 Å². The number of thiocarbonyl (C=S) groups is 1. The highest BCUT2D eigenvalue weighted by atomic mass is 32.1. The molecule has 2 saturated heterocycles. The van der Waals surface area contributed by atoms with Gasteiger partial charge in [0.1, 0.15) is 42.6 Å². The van der Waals surface area contributed by atoms with Crippen molar-refractivity contribution in [2.75, 3.05) is 77.1 Å². The lowest BCUT2D eigenvalue weighted by Gasteiger charge is -2.35. The summed E-state index contributed by atoms with van der Waals surface area (Å²) in [5, 5.41) is 15.1. The molecule has 4 aromatic carbocycles. The highest BCUT2D eigenvalue weighted by Gasteiger charge is 2.51. The number of nitriles is 1. The first-order valence-corrected chi connectivity index (χ1v) is 28.6. The standard InChI is InChI=1S/C61H71F3N8O9S2/c1-39-53(83-38-67-39)43-14-12-40(13-15-43)35-66-55(75)50-33-48(81-52(74)26-30-78-31-27-72(7,8)9)36-69(50)56(76)54(59(2,3)4)68-51(73)37-79-28-10-11-29-80-47-24-19-42(20-25-47)41-16-21-45(22-17-41)71-58(82)70(57(77)60(71,5)6)46-23-18-44(34-65)49(32-46)61(62,63)64/h12-25,32,38,48,50,54H,10-11,26-31,33,35-37H2,1-9H3,(H-,66,68,73,75)/p+1/t48-,50+,54-/m1/s1. The number of benzene rings is 4. The van der Waals surface area contributed by atoms with E-state index in [0.717, 1.165) is 56.4 Å². The Hall–Kier alpha value is -7.29. The number of anilines is 2. The van der Waals surface area contributed by atoms with E-state index in [1.54, 1.807) is 53.8 Å². The van der Waals surface area contributed by atoms with Gasteiger partial charge in [0.15, 0.2) is 5.11 Å². The predicted octanol–water partition coefficient (Wildman–Crippen LogP) is 9.24. The molecule has 0 aliphatic carbocycles. The number of likely N-dealkylation sites (tertiary alicyclic amines) is 1. The van der Waals surface area contributed by atoms with E-state index in [1.807, 2.05) is 110 Å². The number of carbonyl (C=O) groups excluding carboxylic acids is 5. The van der Waals surface area contributed by atoms with Crippen LogP contribution in [0, 0.1) is 23.7 Å². The second-order valence-electron chi connectivity index (χ2n) is 23.1. The first-order chi connectivity index (χ1) is 39.2. The van der Waals surface area contributed by atoms with Crippen molar-refractivity contribution in [3.63, 3.8) is 0 Å². The molecule has 442 valence electrons. The van der Waals surface area contributed by atoms with E-state index in [0.29, 0.717) is 42.0 Å². The summed E-state index contributed by atoms with van der Waals surface area (Å²) in [5.41, 5.74) is 3.05. The molecule has 2 aliphatic heterocycles. The summed E-state index contributed by atoms with van der Waals surface area (Å²) in [6.07, 6.45) is -4.30. The number of nitrogens with zero attached hydrogens (tertiary/aromatic N) is 6. The van der Waals surface area contributed by atoms with Crippen LogP contribution in [-0.2, 0) is 50.9 Å². The van der Waals surface area contributed by atoms with E-state index in [-0.39, 0.29) is 56.6 Å². The van der Waals surface area contributed by atoms with Gasteiger partial charge < -0.3 is 43.9 Å². The van der Waals surface area contributed by atoms with Crippen LogP contribution in [0.1, 0.15) is 82.7 Å². The van der Waals surface area contributed by atoms with Crippen molar-refractivity contribution in [2.24, 2.45) is 5.41 Å². The molecule has 83 heavy (non-hydrogen) atoms. The van der Waals surface area contributed by atoms with Crippen LogP contribution in [0.15, 0.2) is 96.5 Å². The Morgan fingerprint density at radius 2 is 1.52 bits per heavy atom. The molecule has 4 amide bonds. The summed E-state index contributed by atoms with van der Waals surface area (Å²) in [5.74, 6) is -1.80. The first kappa shape index (κ1) is 63.3. The molecule has 2 N–H and O–H groups in total. The molecule has 5 aromatic rings. The number of hydrogen-bond acceptors (Lipinski definition) is 13. The van der Waals surface area contributed by atoms with Gasteiger partial charge in [-0.1, -0.05) is 69.3 Å². The highest BCUT2D eigenvalue weighted by molar-refractivity contribution is 7.81. The number of rotatable bonds is 24. The molecule has 22 heteroatoms. The average Bonchev–Trinajstić information content (AvgIpc) is 4.25. The lowest BCUT2D eigenvalue weighted by atomic mass is 9.85. The molecule has 0 radical (unpaired) electrons. The molecule has 3 heterocycles. The summed E-state index contributed by atoms with van der Waals surface area (Å²) >= 11 is 7.24. The third-order valence-electron chi connectivity index (χ3n) is 14.2. The van der Waals surface area contributed by atoms with Crippen LogP contribution in [0.25, 0.3) is 21.6 Å². The third-order valence-corrected chi connectivity index (χ3v) is 15.5. The monoisotopic (exact) mass is 1180 g/mol. The SMILES string of the molecule is Cc1ncsc1-c1ccc(CNC(=O)[C@@H]2C[C@@H](OC(=O)CCOCC[N+](C)(C)C)CN2C(=O)[C@@H](NC(=O)COCCCCOc2ccc(-c3ccc(N4C(=S)N(c5ccc(C#N)c(C(F)(F)F)c5)C(=O)C4(C)C)cc3)cc2)C(C)(C)C)cc1. The van der Waals surface area contributed by atoms with Crippen LogP contribution >= 0.6 is 23.6 Å². The number of alkyl halides is 3. The lowest BCUT2D eigenvalue weighted by Crippen LogP contribution is -2.58. The minimum Gasteiger partial charge on any atom is -0.494 e. The van der Waals surface area contributed by atoms with Crippen LogP contribution < -0.4 is 25.2 Å². The number of ether oxygens (including phenoxy) is 4. The molecule has 7 rings (SSSR count). The topological polar surface area (TPSA) is 193 Å². The minimum atomic E-state index is -4.81. The number of nitrogens with one attached hydrogen (secondary N) is 2. The number of carbonyl (C=O) groups is 5. The summed E-state index contributed by atoms with van der Waals surface area (Å²) in [6.45, 7) is 12.6. The second-order valence-corrected chi connectivity index (χ2v) is 24.3. The number of aromatic nitrogens is 1. The van der Waals surface area contributed by atoms with E-state index in [9.17, 15) is 42.4 Å². The average molecular weight is 1180 g/mol. The number of esters is 1. The maximum atomic E-state index is 14.6. The quantitative estimate of drug-likeness (QED) is 0.0257. The Morgan fingerprint density at radius 3 is 2.13 bits per heavy atom. The minimum absolute atomic E-state index is 0.00249. The van der Waals surface area contributed by atoms with Gasteiger partial charge in [-0.15, -0.1) is 11.3 Å². The van der Waals surface area contributed by atoms with Gasteiger partial charge in [0.25, 0.3) is 5.91 Å². The molecular weight excluding hydrogens is 1110 g/mol.